The zero-order valence-electron chi connectivity index (χ0n) is 5.36. The van der Waals surface area contributed by atoms with Gasteiger partial charge in [0, 0.05) is 12.4 Å². The lowest BCUT2D eigenvalue weighted by Crippen LogP contribution is -2.30. The van der Waals surface area contributed by atoms with E-state index in [0.717, 1.165) is 0 Å². The van der Waals surface area contributed by atoms with Crippen molar-refractivity contribution in [1.29, 1.82) is 5.41 Å². The van der Waals surface area contributed by atoms with Gasteiger partial charge in [0.25, 0.3) is 0 Å². The topological polar surface area (TPSA) is 65.5 Å². The summed E-state index contributed by atoms with van der Waals surface area (Å²) in [6.45, 7) is 0. The van der Waals surface area contributed by atoms with E-state index in [4.69, 9.17) is 11.1 Å². The summed E-state index contributed by atoms with van der Waals surface area (Å²) in [5.74, 6) is -0.0382. The van der Waals surface area contributed by atoms with Gasteiger partial charge in [0.15, 0.2) is 5.96 Å². The molecule has 0 aromatic heterocycles. The third-order valence-corrected chi connectivity index (χ3v) is 0.999. The molecule has 0 saturated heterocycles. The average molecular weight is 136 g/mol. The van der Waals surface area contributed by atoms with Crippen molar-refractivity contribution >= 4 is 12.3 Å². The molecule has 0 bridgehead atoms. The molecule has 0 amide bonds. The van der Waals surface area contributed by atoms with Crippen LogP contribution in [-0.4, -0.2) is 17.2 Å². The lowest BCUT2D eigenvalue weighted by Gasteiger charge is -2.08. The molecule has 1 aliphatic rings. The molecular weight excluding hydrogens is 128 g/mol. The van der Waals surface area contributed by atoms with E-state index in [0.29, 0.717) is 0 Å². The average Bonchev–Trinajstić information content (AvgIpc) is 2.12. The van der Waals surface area contributed by atoms with Crippen LogP contribution in [0.1, 0.15) is 0 Å². The third-order valence-electron chi connectivity index (χ3n) is 0.999. The normalized spacial score (nSPS) is 15.4. The smallest absolute Gasteiger partial charge is 0.197 e. The largest absolute Gasteiger partial charge is 0.369 e. The van der Waals surface area contributed by atoms with E-state index in [9.17, 15) is 0 Å². The van der Waals surface area contributed by atoms with Gasteiger partial charge < -0.3 is 5.73 Å². The van der Waals surface area contributed by atoms with Crippen molar-refractivity contribution in [2.75, 3.05) is 0 Å². The van der Waals surface area contributed by atoms with Crippen LogP contribution in [0.4, 0.5) is 0 Å². The number of hydrogen-bond donors (Lipinski definition) is 2. The van der Waals surface area contributed by atoms with E-state index in [2.05, 4.69) is 4.99 Å². The lowest BCUT2D eigenvalue weighted by molar-refractivity contribution is 0.832. The molecule has 0 atom stereocenters. The molecule has 52 valence electrons. The minimum Gasteiger partial charge on any atom is -0.369 e. The summed E-state index contributed by atoms with van der Waals surface area (Å²) >= 11 is 0. The van der Waals surface area contributed by atoms with Crippen LogP contribution >= 0.6 is 0 Å². The summed E-state index contributed by atoms with van der Waals surface area (Å²) in [5, 5.41) is 7.02. The SMILES string of the molecule is N=C(N)N1C=CC=CN=C1. The number of nitrogens with two attached hydrogens (primary N) is 1. The Morgan fingerprint density at radius 1 is 1.50 bits per heavy atom. The molecule has 0 aromatic carbocycles. The monoisotopic (exact) mass is 136 g/mol. The summed E-state index contributed by atoms with van der Waals surface area (Å²) in [4.78, 5) is 5.23. The molecule has 0 aromatic rings. The molecule has 1 heterocycles. The summed E-state index contributed by atoms with van der Waals surface area (Å²) in [6, 6.07) is 0. The number of nitrogens with one attached hydrogen (secondary N) is 1. The standard InChI is InChI=1S/C6H8N4/c7-6(8)10-4-2-1-3-9-5-10/h1-5H,(H3,7,8). The maximum absolute atomic E-state index is 7.02. The fourth-order valence-electron chi connectivity index (χ4n) is 0.533. The molecule has 0 unspecified atom stereocenters. The third kappa shape index (κ3) is 1.45. The molecule has 1 aliphatic heterocycles. The Kier molecular flexibility index (Phi) is 1.84. The second kappa shape index (κ2) is 2.82. The van der Waals surface area contributed by atoms with Crippen LogP contribution in [-0.2, 0) is 0 Å². The Balaban J connectivity index is 2.72. The first kappa shape index (κ1) is 6.54. The Labute approximate surface area is 58.9 Å². The quantitative estimate of drug-likeness (QED) is 0.370. The Bertz CT molecular complexity index is 198. The summed E-state index contributed by atoms with van der Waals surface area (Å²) in [7, 11) is 0. The van der Waals surface area contributed by atoms with Gasteiger partial charge in [0.2, 0.25) is 0 Å². The second-order valence-electron chi connectivity index (χ2n) is 1.74. The first-order valence-electron chi connectivity index (χ1n) is 2.80. The summed E-state index contributed by atoms with van der Waals surface area (Å²) < 4.78 is 0. The first-order chi connectivity index (χ1) is 4.80. The van der Waals surface area contributed by atoms with E-state index >= 15 is 0 Å². The minimum atomic E-state index is -0.0382. The highest BCUT2D eigenvalue weighted by atomic mass is 15.2. The summed E-state index contributed by atoms with van der Waals surface area (Å²) in [6.07, 6.45) is 8.28. The van der Waals surface area contributed by atoms with Crippen molar-refractivity contribution in [3.05, 3.63) is 24.6 Å². The van der Waals surface area contributed by atoms with Gasteiger partial charge in [-0.05, 0) is 12.2 Å². The van der Waals surface area contributed by atoms with Crippen molar-refractivity contribution in [2.45, 2.75) is 0 Å². The van der Waals surface area contributed by atoms with Crippen molar-refractivity contribution in [3.63, 3.8) is 0 Å². The summed E-state index contributed by atoms with van der Waals surface area (Å²) in [5.41, 5.74) is 5.18. The van der Waals surface area contributed by atoms with Gasteiger partial charge in [0.1, 0.15) is 6.34 Å². The zero-order valence-corrected chi connectivity index (χ0v) is 5.36. The fourth-order valence-corrected chi connectivity index (χ4v) is 0.533. The molecule has 0 fully saturated rings. The minimum absolute atomic E-state index is 0.0382. The first-order valence-corrected chi connectivity index (χ1v) is 2.80. The van der Waals surface area contributed by atoms with Crippen molar-refractivity contribution < 1.29 is 0 Å². The predicted molar refractivity (Wildman–Crippen MR) is 40.5 cm³/mol. The van der Waals surface area contributed by atoms with Crippen LogP contribution in [0.5, 0.6) is 0 Å². The second-order valence-corrected chi connectivity index (χ2v) is 1.74. The van der Waals surface area contributed by atoms with Crippen molar-refractivity contribution in [1.82, 2.24) is 4.90 Å². The maximum Gasteiger partial charge on any atom is 0.197 e. The molecule has 10 heavy (non-hydrogen) atoms. The molecule has 0 saturated carbocycles. The highest BCUT2D eigenvalue weighted by Crippen LogP contribution is 1.90. The number of aliphatic imine (C=N–C) groups is 1. The highest BCUT2D eigenvalue weighted by Gasteiger charge is 1.96. The molecule has 0 aliphatic carbocycles. The van der Waals surface area contributed by atoms with Crippen molar-refractivity contribution in [3.8, 4) is 0 Å². The molecule has 4 heteroatoms. The van der Waals surface area contributed by atoms with Gasteiger partial charge in [0.05, 0.1) is 0 Å². The maximum atomic E-state index is 7.02. The number of guanidine groups is 1. The van der Waals surface area contributed by atoms with Gasteiger partial charge in [-0.1, -0.05) is 0 Å². The molecule has 0 spiro atoms. The van der Waals surface area contributed by atoms with E-state index in [1.165, 1.54) is 11.2 Å². The van der Waals surface area contributed by atoms with Crippen LogP contribution in [0, 0.1) is 5.41 Å². The van der Waals surface area contributed by atoms with Crippen LogP contribution in [0.3, 0.4) is 0 Å². The zero-order chi connectivity index (χ0) is 7.40. The number of allylic oxidation sites excluding steroid dienone is 2. The van der Waals surface area contributed by atoms with Crippen LogP contribution < -0.4 is 5.73 Å². The Hall–Kier alpha value is -1.58. The molecule has 1 rings (SSSR count). The molecular formula is C6H8N4. The van der Waals surface area contributed by atoms with Crippen LogP contribution in [0.15, 0.2) is 29.5 Å². The molecule has 0 radical (unpaired) electrons. The van der Waals surface area contributed by atoms with Gasteiger partial charge in [-0.15, -0.1) is 0 Å². The van der Waals surface area contributed by atoms with Gasteiger partial charge >= 0.3 is 0 Å². The van der Waals surface area contributed by atoms with E-state index in [1.807, 2.05) is 0 Å². The number of hydrogen-bond acceptors (Lipinski definition) is 2. The van der Waals surface area contributed by atoms with Crippen LogP contribution in [0.25, 0.3) is 0 Å². The van der Waals surface area contributed by atoms with Gasteiger partial charge in [-0.25, -0.2) is 4.99 Å². The van der Waals surface area contributed by atoms with E-state index < -0.39 is 0 Å². The number of nitrogens with zero attached hydrogens (tertiary/aromatic N) is 2. The fraction of sp³-hybridized carbons (Fsp3) is 0. The van der Waals surface area contributed by atoms with Crippen LogP contribution in [0.2, 0.25) is 0 Å². The van der Waals surface area contributed by atoms with Crippen molar-refractivity contribution in [2.24, 2.45) is 10.7 Å². The lowest BCUT2D eigenvalue weighted by atomic mass is 10.5. The van der Waals surface area contributed by atoms with Gasteiger partial charge in [-0.3, -0.25) is 10.3 Å². The Morgan fingerprint density at radius 2 is 2.30 bits per heavy atom. The number of rotatable bonds is 0. The highest BCUT2D eigenvalue weighted by molar-refractivity contribution is 5.88. The predicted octanol–water partition coefficient (Wildman–Crippen LogP) is 0.251. The van der Waals surface area contributed by atoms with E-state index in [-0.39, 0.29) is 5.96 Å². The Morgan fingerprint density at radius 3 is 3.00 bits per heavy atom. The van der Waals surface area contributed by atoms with Gasteiger partial charge in [-0.2, -0.15) is 0 Å². The molecule has 4 nitrogen and oxygen atoms in total. The molecule has 3 N–H and O–H groups in total. The van der Waals surface area contributed by atoms with E-state index in [1.54, 1.807) is 24.6 Å².